The van der Waals surface area contributed by atoms with Gasteiger partial charge in [0.1, 0.15) is 23.4 Å². The van der Waals surface area contributed by atoms with Gasteiger partial charge in [0, 0.05) is 17.5 Å². The first-order valence-electron chi connectivity index (χ1n) is 10.5. The average molecular weight is 434 g/mol. The Bertz CT molecular complexity index is 1390. The Morgan fingerprint density at radius 1 is 0.879 bits per heavy atom. The smallest absolute Gasteiger partial charge is 0.359 e. The highest BCUT2D eigenvalue weighted by Gasteiger charge is 2.41. The van der Waals surface area contributed by atoms with Gasteiger partial charge in [0.2, 0.25) is 5.69 Å². The van der Waals surface area contributed by atoms with E-state index in [9.17, 15) is 15.0 Å². The van der Waals surface area contributed by atoms with Gasteiger partial charge in [-0.1, -0.05) is 36.3 Å². The number of carbonyl (C=O) groups is 1. The summed E-state index contributed by atoms with van der Waals surface area (Å²) in [6.07, 6.45) is 2.16. The van der Waals surface area contributed by atoms with Gasteiger partial charge in [-0.25, -0.2) is 9.78 Å². The van der Waals surface area contributed by atoms with Crippen LogP contribution in [0, 0.1) is 11.8 Å². The number of phenols is 2. The van der Waals surface area contributed by atoms with Crippen molar-refractivity contribution >= 4 is 11.7 Å². The molecule has 0 fully saturated rings. The molecule has 4 aromatic rings. The summed E-state index contributed by atoms with van der Waals surface area (Å²) >= 11 is 0. The third-order valence-corrected chi connectivity index (χ3v) is 5.43. The number of nitrogens with one attached hydrogen (secondary N) is 1. The van der Waals surface area contributed by atoms with Crippen LogP contribution in [0.4, 0.5) is 5.82 Å². The van der Waals surface area contributed by atoms with Gasteiger partial charge in [-0.15, -0.1) is 0 Å². The van der Waals surface area contributed by atoms with Crippen molar-refractivity contribution in [2.45, 2.75) is 12.5 Å². The van der Waals surface area contributed by atoms with Crippen LogP contribution in [0.25, 0.3) is 11.3 Å². The van der Waals surface area contributed by atoms with E-state index < -0.39 is 6.04 Å². The zero-order valence-electron chi connectivity index (χ0n) is 17.6. The molecule has 33 heavy (non-hydrogen) atoms. The molecular formula is C27H20N3O3+. The van der Waals surface area contributed by atoms with Gasteiger partial charge < -0.3 is 10.2 Å². The number of benzene rings is 3. The van der Waals surface area contributed by atoms with Crippen LogP contribution < -0.4 is 9.88 Å². The Morgan fingerprint density at radius 2 is 1.55 bits per heavy atom. The molecule has 1 aliphatic rings. The van der Waals surface area contributed by atoms with E-state index in [2.05, 4.69) is 17.2 Å². The number of nitrogens with zero attached hydrogens (tertiary/aromatic N) is 2. The van der Waals surface area contributed by atoms with Crippen molar-refractivity contribution in [1.82, 2.24) is 4.98 Å². The van der Waals surface area contributed by atoms with Crippen molar-refractivity contribution in [3.63, 3.8) is 0 Å². The maximum absolute atomic E-state index is 13.3. The van der Waals surface area contributed by atoms with Gasteiger partial charge in [-0.2, -0.15) is 4.57 Å². The minimum atomic E-state index is -0.483. The number of rotatable bonds is 3. The topological polar surface area (TPSA) is 86.3 Å². The van der Waals surface area contributed by atoms with Crippen LogP contribution in [-0.2, 0) is 6.42 Å². The second-order valence-corrected chi connectivity index (χ2v) is 7.76. The summed E-state index contributed by atoms with van der Waals surface area (Å²) in [6.45, 7) is 0. The van der Waals surface area contributed by atoms with E-state index in [1.165, 1.54) is 0 Å². The normalized spacial score (nSPS) is 14.2. The lowest BCUT2D eigenvalue weighted by atomic mass is 10.1. The number of hydrogen-bond acceptors (Lipinski definition) is 5. The number of hydrogen-bond donors (Lipinski definition) is 3. The first-order chi connectivity index (χ1) is 16.1. The van der Waals surface area contributed by atoms with Crippen molar-refractivity contribution in [2.24, 2.45) is 0 Å². The van der Waals surface area contributed by atoms with Crippen LogP contribution in [0.15, 0.2) is 85.1 Å². The Morgan fingerprint density at radius 3 is 2.24 bits per heavy atom. The molecule has 0 amide bonds. The molecule has 0 radical (unpaired) electrons. The van der Waals surface area contributed by atoms with Gasteiger partial charge in [0.25, 0.3) is 0 Å². The Hall–Kier alpha value is -4.63. The molecule has 6 heteroatoms. The SMILES string of the molecule is O=C1C(Cc2ccc(O)cc2)Nc2c(C#Cc3ccccc3)nc(-c3ccc(O)cc3)c[n+]21. The third kappa shape index (κ3) is 4.25. The number of fused-ring (bicyclic) bond motifs is 1. The van der Waals surface area contributed by atoms with Crippen LogP contribution in [0.5, 0.6) is 11.5 Å². The van der Waals surface area contributed by atoms with Crippen LogP contribution in [0.1, 0.15) is 21.6 Å². The quantitative estimate of drug-likeness (QED) is 0.339. The average Bonchev–Trinajstić information content (AvgIpc) is 3.15. The van der Waals surface area contributed by atoms with E-state index in [0.717, 1.165) is 16.7 Å². The summed E-state index contributed by atoms with van der Waals surface area (Å²) in [4.78, 5) is 18.0. The van der Waals surface area contributed by atoms with Crippen molar-refractivity contribution in [2.75, 3.05) is 5.32 Å². The van der Waals surface area contributed by atoms with Gasteiger partial charge in [-0.05, 0) is 60.0 Å². The fourth-order valence-corrected chi connectivity index (χ4v) is 3.73. The van der Waals surface area contributed by atoms with Gasteiger partial charge in [0.05, 0.1) is 0 Å². The fraction of sp³-hybridized carbons (Fsp3) is 0.0741. The summed E-state index contributed by atoms with van der Waals surface area (Å²) in [5.41, 5.74) is 3.58. The zero-order chi connectivity index (χ0) is 22.8. The largest absolute Gasteiger partial charge is 0.508 e. The first-order valence-corrected chi connectivity index (χ1v) is 10.5. The molecule has 160 valence electrons. The number of anilines is 1. The van der Waals surface area contributed by atoms with Crippen LogP contribution in [-0.4, -0.2) is 27.1 Å². The lowest BCUT2D eigenvalue weighted by Gasteiger charge is -2.03. The van der Waals surface area contributed by atoms with Crippen molar-refractivity contribution in [3.8, 4) is 34.6 Å². The van der Waals surface area contributed by atoms with E-state index in [-0.39, 0.29) is 17.4 Å². The van der Waals surface area contributed by atoms with Crippen LogP contribution in [0.2, 0.25) is 0 Å². The molecule has 0 saturated carbocycles. The van der Waals surface area contributed by atoms with Crippen LogP contribution in [0.3, 0.4) is 0 Å². The predicted molar refractivity (Wildman–Crippen MR) is 124 cm³/mol. The molecule has 1 atom stereocenters. The van der Waals surface area contributed by atoms with Gasteiger partial charge in [-0.3, -0.25) is 5.32 Å². The molecule has 6 nitrogen and oxygen atoms in total. The highest BCUT2D eigenvalue weighted by Crippen LogP contribution is 2.24. The highest BCUT2D eigenvalue weighted by atomic mass is 16.3. The van der Waals surface area contributed by atoms with E-state index >= 15 is 0 Å². The fourth-order valence-electron chi connectivity index (χ4n) is 3.73. The van der Waals surface area contributed by atoms with Gasteiger partial charge in [0.15, 0.2) is 6.04 Å². The van der Waals surface area contributed by atoms with Gasteiger partial charge >= 0.3 is 11.7 Å². The molecule has 1 aromatic heterocycles. The lowest BCUT2D eigenvalue weighted by molar-refractivity contribution is -0.552. The highest BCUT2D eigenvalue weighted by molar-refractivity contribution is 5.83. The second-order valence-electron chi connectivity index (χ2n) is 7.76. The number of aromatic hydroxyl groups is 2. The predicted octanol–water partition coefficient (Wildman–Crippen LogP) is 3.52. The Kier molecular flexibility index (Phi) is 5.21. The minimum absolute atomic E-state index is 0.108. The summed E-state index contributed by atoms with van der Waals surface area (Å²) in [5.74, 6) is 7.02. The summed E-state index contributed by atoms with van der Waals surface area (Å²) in [6, 6.07) is 22.6. The molecule has 2 heterocycles. The number of phenolic OH excluding ortho intramolecular Hbond substituents is 2. The molecule has 1 unspecified atom stereocenters. The molecule has 3 aromatic carbocycles. The van der Waals surface area contributed by atoms with E-state index in [1.54, 1.807) is 59.3 Å². The Labute approximate surface area is 190 Å². The first kappa shape index (κ1) is 20.3. The monoisotopic (exact) mass is 434 g/mol. The van der Waals surface area contributed by atoms with E-state index in [1.807, 2.05) is 30.3 Å². The van der Waals surface area contributed by atoms with Crippen molar-refractivity contribution in [3.05, 3.63) is 102 Å². The molecule has 0 bridgehead atoms. The number of carbonyl (C=O) groups excluding carboxylic acids is 1. The molecule has 1 aliphatic heterocycles. The zero-order valence-corrected chi connectivity index (χ0v) is 17.6. The molecular weight excluding hydrogens is 414 g/mol. The lowest BCUT2D eigenvalue weighted by Crippen LogP contribution is -2.44. The van der Waals surface area contributed by atoms with E-state index in [4.69, 9.17) is 4.98 Å². The summed E-state index contributed by atoms with van der Waals surface area (Å²) < 4.78 is 1.56. The van der Waals surface area contributed by atoms with Crippen LogP contribution >= 0.6 is 0 Å². The van der Waals surface area contributed by atoms with Crippen molar-refractivity contribution < 1.29 is 19.6 Å². The maximum Gasteiger partial charge on any atom is 0.359 e. The maximum atomic E-state index is 13.3. The minimum Gasteiger partial charge on any atom is -0.508 e. The number of aromatic nitrogens is 2. The van der Waals surface area contributed by atoms with Crippen molar-refractivity contribution in [1.29, 1.82) is 0 Å². The summed E-state index contributed by atoms with van der Waals surface area (Å²) in [5, 5.41) is 22.4. The Balaban J connectivity index is 1.55. The standard InChI is InChI=1S/C27H19N3O3/c31-21-11-6-19(7-12-21)16-24-27(33)30-17-25(20-9-13-22(32)14-10-20)28-23(26(30)29-24)15-8-18-4-2-1-3-5-18/h1-7,9-14,17,24,31-32H,16H2/p+1. The molecule has 0 aliphatic carbocycles. The molecule has 0 spiro atoms. The van der Waals surface area contributed by atoms with E-state index in [0.29, 0.717) is 23.6 Å². The third-order valence-electron chi connectivity index (χ3n) is 5.43. The molecule has 0 saturated heterocycles. The second kappa shape index (κ2) is 8.48. The molecule has 3 N–H and O–H groups in total. The summed E-state index contributed by atoms with van der Waals surface area (Å²) in [7, 11) is 0. The molecule has 5 rings (SSSR count).